The van der Waals surface area contributed by atoms with E-state index in [1.165, 1.54) is 0 Å². The lowest BCUT2D eigenvalue weighted by molar-refractivity contribution is -0.148. The number of rotatable bonds is 3. The van der Waals surface area contributed by atoms with Crippen molar-refractivity contribution in [3.8, 4) is 0 Å². The first-order valence-corrected chi connectivity index (χ1v) is 5.92. The van der Waals surface area contributed by atoms with Crippen LogP contribution in [0, 0.1) is 6.92 Å². The molecule has 18 heavy (non-hydrogen) atoms. The summed E-state index contributed by atoms with van der Waals surface area (Å²) in [6, 6.07) is 6.89. The molecule has 0 aromatic heterocycles. The smallest absolute Gasteiger partial charge is 0.329 e. The van der Waals surface area contributed by atoms with Crippen LogP contribution < -0.4 is 10.6 Å². The summed E-state index contributed by atoms with van der Waals surface area (Å²) in [4.78, 5) is 22.9. The van der Waals surface area contributed by atoms with E-state index in [0.29, 0.717) is 18.5 Å². The van der Waals surface area contributed by atoms with Crippen molar-refractivity contribution in [1.82, 2.24) is 5.32 Å². The highest BCUT2D eigenvalue weighted by Crippen LogP contribution is 2.32. The third-order valence-electron chi connectivity index (χ3n) is 3.36. The standard InChI is InChI=1S/C13H16N2O3/c1-9-5-2-3-6-10(9)14-12(18)15-13(11(16)17)7-4-8-13/h2-3,5-6H,4,7-8H2,1H3,(H,16,17)(H2,14,15,18). The first-order chi connectivity index (χ1) is 8.53. The summed E-state index contributed by atoms with van der Waals surface area (Å²) >= 11 is 0. The summed E-state index contributed by atoms with van der Waals surface area (Å²) in [5.41, 5.74) is 0.549. The number of amides is 2. The van der Waals surface area contributed by atoms with E-state index in [2.05, 4.69) is 10.6 Å². The number of hydrogen-bond donors (Lipinski definition) is 3. The monoisotopic (exact) mass is 248 g/mol. The first kappa shape index (κ1) is 12.4. The summed E-state index contributed by atoms with van der Waals surface area (Å²) in [5.74, 6) is -0.964. The molecule has 2 rings (SSSR count). The molecule has 1 aliphatic rings. The zero-order valence-corrected chi connectivity index (χ0v) is 10.2. The molecule has 0 bridgehead atoms. The van der Waals surface area contributed by atoms with Crippen molar-refractivity contribution in [2.45, 2.75) is 31.7 Å². The first-order valence-electron chi connectivity index (χ1n) is 5.92. The SMILES string of the molecule is Cc1ccccc1NC(=O)NC1(C(=O)O)CCC1. The average Bonchev–Trinajstić information content (AvgIpc) is 2.26. The van der Waals surface area contributed by atoms with E-state index in [0.717, 1.165) is 12.0 Å². The second-order valence-electron chi connectivity index (χ2n) is 4.63. The highest BCUT2D eigenvalue weighted by molar-refractivity contribution is 5.94. The number of anilines is 1. The molecular weight excluding hydrogens is 232 g/mol. The van der Waals surface area contributed by atoms with Gasteiger partial charge in [0.05, 0.1) is 0 Å². The topological polar surface area (TPSA) is 78.4 Å². The van der Waals surface area contributed by atoms with Crippen LogP contribution in [0.2, 0.25) is 0 Å². The van der Waals surface area contributed by atoms with Crippen molar-refractivity contribution < 1.29 is 14.7 Å². The number of urea groups is 1. The van der Waals surface area contributed by atoms with Crippen LogP contribution in [-0.4, -0.2) is 22.6 Å². The number of aryl methyl sites for hydroxylation is 1. The van der Waals surface area contributed by atoms with Crippen LogP contribution in [0.1, 0.15) is 24.8 Å². The maximum atomic E-state index is 11.8. The Balaban J connectivity index is 2.01. The highest BCUT2D eigenvalue weighted by Gasteiger charge is 2.45. The van der Waals surface area contributed by atoms with Gasteiger partial charge in [0, 0.05) is 5.69 Å². The number of carbonyl (C=O) groups is 2. The molecule has 5 nitrogen and oxygen atoms in total. The van der Waals surface area contributed by atoms with Gasteiger partial charge in [-0.15, -0.1) is 0 Å². The highest BCUT2D eigenvalue weighted by atomic mass is 16.4. The molecular formula is C13H16N2O3. The average molecular weight is 248 g/mol. The fraction of sp³-hybridized carbons (Fsp3) is 0.385. The molecule has 0 radical (unpaired) electrons. The molecule has 1 aromatic carbocycles. The molecule has 0 unspecified atom stereocenters. The van der Waals surface area contributed by atoms with Crippen LogP contribution in [0.4, 0.5) is 10.5 Å². The van der Waals surface area contributed by atoms with Crippen molar-refractivity contribution in [3.05, 3.63) is 29.8 Å². The largest absolute Gasteiger partial charge is 0.480 e. The normalized spacial score (nSPS) is 16.5. The van der Waals surface area contributed by atoms with Crippen LogP contribution in [0.15, 0.2) is 24.3 Å². The van der Waals surface area contributed by atoms with Gasteiger partial charge in [-0.05, 0) is 37.8 Å². The van der Waals surface area contributed by atoms with Crippen molar-refractivity contribution in [3.63, 3.8) is 0 Å². The molecule has 0 saturated heterocycles. The Morgan fingerprint density at radius 3 is 2.44 bits per heavy atom. The number of carbonyl (C=O) groups excluding carboxylic acids is 1. The van der Waals surface area contributed by atoms with Gasteiger partial charge in [0.25, 0.3) is 0 Å². The van der Waals surface area contributed by atoms with E-state index < -0.39 is 17.5 Å². The lowest BCUT2D eigenvalue weighted by atomic mass is 9.77. The predicted octanol–water partition coefficient (Wildman–Crippen LogP) is 2.12. The summed E-state index contributed by atoms with van der Waals surface area (Å²) in [7, 11) is 0. The Morgan fingerprint density at radius 1 is 1.28 bits per heavy atom. The van der Waals surface area contributed by atoms with E-state index in [1.807, 2.05) is 25.1 Å². The van der Waals surface area contributed by atoms with E-state index in [4.69, 9.17) is 5.11 Å². The number of carboxylic acids is 1. The fourth-order valence-corrected chi connectivity index (χ4v) is 2.01. The quantitative estimate of drug-likeness (QED) is 0.766. The zero-order valence-electron chi connectivity index (χ0n) is 10.2. The van der Waals surface area contributed by atoms with Gasteiger partial charge < -0.3 is 15.7 Å². The minimum absolute atomic E-state index is 0.466. The molecule has 3 N–H and O–H groups in total. The van der Waals surface area contributed by atoms with Gasteiger partial charge >= 0.3 is 12.0 Å². The Labute approximate surface area is 105 Å². The van der Waals surface area contributed by atoms with Gasteiger partial charge in [0.1, 0.15) is 5.54 Å². The van der Waals surface area contributed by atoms with Crippen LogP contribution in [-0.2, 0) is 4.79 Å². The van der Waals surface area contributed by atoms with E-state index in [-0.39, 0.29) is 0 Å². The molecule has 1 fully saturated rings. The minimum Gasteiger partial charge on any atom is -0.480 e. The van der Waals surface area contributed by atoms with Crippen LogP contribution >= 0.6 is 0 Å². The number of carboxylic acid groups (broad SMARTS) is 1. The van der Waals surface area contributed by atoms with Crippen molar-refractivity contribution in [2.24, 2.45) is 0 Å². The summed E-state index contributed by atoms with van der Waals surface area (Å²) in [6.45, 7) is 1.88. The van der Waals surface area contributed by atoms with E-state index >= 15 is 0 Å². The molecule has 0 atom stereocenters. The molecule has 0 spiro atoms. The number of nitrogens with one attached hydrogen (secondary N) is 2. The number of hydrogen-bond acceptors (Lipinski definition) is 2. The second-order valence-corrected chi connectivity index (χ2v) is 4.63. The Hall–Kier alpha value is -2.04. The van der Waals surface area contributed by atoms with Crippen molar-refractivity contribution in [2.75, 3.05) is 5.32 Å². The van der Waals surface area contributed by atoms with E-state index in [9.17, 15) is 9.59 Å². The molecule has 1 aromatic rings. The fourth-order valence-electron chi connectivity index (χ4n) is 2.01. The van der Waals surface area contributed by atoms with E-state index in [1.54, 1.807) is 6.07 Å². The van der Waals surface area contributed by atoms with Gasteiger partial charge in [0.2, 0.25) is 0 Å². The Morgan fingerprint density at radius 2 is 1.94 bits per heavy atom. The second kappa shape index (κ2) is 4.68. The Kier molecular flexibility index (Phi) is 3.23. The van der Waals surface area contributed by atoms with Gasteiger partial charge in [0.15, 0.2) is 0 Å². The third kappa shape index (κ3) is 2.30. The van der Waals surface area contributed by atoms with Gasteiger partial charge in [-0.2, -0.15) is 0 Å². The Bertz CT molecular complexity index is 481. The maximum absolute atomic E-state index is 11.8. The number of aliphatic carboxylic acids is 1. The zero-order chi connectivity index (χ0) is 13.2. The lowest BCUT2D eigenvalue weighted by Crippen LogP contribution is -2.60. The molecule has 2 amide bonds. The van der Waals surface area contributed by atoms with Crippen LogP contribution in [0.5, 0.6) is 0 Å². The molecule has 1 aliphatic carbocycles. The molecule has 1 saturated carbocycles. The molecule has 96 valence electrons. The third-order valence-corrected chi connectivity index (χ3v) is 3.36. The maximum Gasteiger partial charge on any atom is 0.329 e. The predicted molar refractivity (Wildman–Crippen MR) is 67.6 cm³/mol. The molecule has 5 heteroatoms. The molecule has 0 heterocycles. The summed E-state index contributed by atoms with van der Waals surface area (Å²) < 4.78 is 0. The van der Waals surface area contributed by atoms with Gasteiger partial charge in [-0.1, -0.05) is 18.2 Å². The number of benzene rings is 1. The van der Waals surface area contributed by atoms with Gasteiger partial charge in [-0.25, -0.2) is 9.59 Å². The van der Waals surface area contributed by atoms with Crippen LogP contribution in [0.25, 0.3) is 0 Å². The van der Waals surface area contributed by atoms with Crippen LogP contribution in [0.3, 0.4) is 0 Å². The van der Waals surface area contributed by atoms with Crippen molar-refractivity contribution in [1.29, 1.82) is 0 Å². The number of para-hydroxylation sites is 1. The lowest BCUT2D eigenvalue weighted by Gasteiger charge is -2.38. The summed E-state index contributed by atoms with van der Waals surface area (Å²) in [5, 5.41) is 14.3. The minimum atomic E-state index is -1.08. The van der Waals surface area contributed by atoms with Gasteiger partial charge in [-0.3, -0.25) is 0 Å². The van der Waals surface area contributed by atoms with Crippen molar-refractivity contribution >= 4 is 17.7 Å². The molecule has 0 aliphatic heterocycles. The summed E-state index contributed by atoms with van der Waals surface area (Å²) in [6.07, 6.45) is 1.81.